The molecule has 0 saturated heterocycles. The molecule has 17 heavy (non-hydrogen) atoms. The molecule has 0 aromatic heterocycles. The second kappa shape index (κ2) is 7.54. The lowest BCUT2D eigenvalue weighted by molar-refractivity contribution is 0.196. The van der Waals surface area contributed by atoms with Crippen molar-refractivity contribution in [3.8, 4) is 0 Å². The number of ether oxygens (including phenoxy) is 1. The highest BCUT2D eigenvalue weighted by Gasteiger charge is 2.04. The van der Waals surface area contributed by atoms with Crippen LogP contribution in [0.1, 0.15) is 12.0 Å². The minimum absolute atomic E-state index is 0.788. The molecule has 0 fully saturated rings. The van der Waals surface area contributed by atoms with Gasteiger partial charge in [-0.2, -0.15) is 0 Å². The molecule has 1 aromatic rings. The van der Waals surface area contributed by atoms with Crippen molar-refractivity contribution in [2.75, 3.05) is 39.3 Å². The molecule has 0 bridgehead atoms. The SMILES string of the molecule is CNCc1ccc(N(C)CCCOC)cc1Cl. The van der Waals surface area contributed by atoms with E-state index >= 15 is 0 Å². The maximum Gasteiger partial charge on any atom is 0.0479 e. The highest BCUT2D eigenvalue weighted by atomic mass is 35.5. The van der Waals surface area contributed by atoms with Gasteiger partial charge in [0, 0.05) is 44.6 Å². The Bertz CT molecular complexity index is 344. The van der Waals surface area contributed by atoms with Crippen LogP contribution < -0.4 is 10.2 Å². The van der Waals surface area contributed by atoms with Crippen LogP contribution in [0.4, 0.5) is 5.69 Å². The van der Waals surface area contributed by atoms with Gasteiger partial charge in [-0.1, -0.05) is 17.7 Å². The summed E-state index contributed by atoms with van der Waals surface area (Å²) in [6, 6.07) is 6.19. The summed E-state index contributed by atoms with van der Waals surface area (Å²) in [6.07, 6.45) is 1.02. The van der Waals surface area contributed by atoms with Crippen LogP contribution in [0.5, 0.6) is 0 Å². The Balaban J connectivity index is 2.62. The molecule has 96 valence electrons. The van der Waals surface area contributed by atoms with Crippen molar-refractivity contribution < 1.29 is 4.74 Å². The topological polar surface area (TPSA) is 24.5 Å². The molecule has 0 amide bonds. The fraction of sp³-hybridized carbons (Fsp3) is 0.538. The van der Waals surface area contributed by atoms with Crippen LogP contribution in [0.15, 0.2) is 18.2 Å². The van der Waals surface area contributed by atoms with Crippen molar-refractivity contribution >= 4 is 17.3 Å². The number of halogens is 1. The Kier molecular flexibility index (Phi) is 6.34. The van der Waals surface area contributed by atoms with Crippen molar-refractivity contribution in [2.24, 2.45) is 0 Å². The van der Waals surface area contributed by atoms with Crippen molar-refractivity contribution in [1.82, 2.24) is 5.32 Å². The Morgan fingerprint density at radius 3 is 2.76 bits per heavy atom. The highest BCUT2D eigenvalue weighted by molar-refractivity contribution is 6.31. The molecule has 1 N–H and O–H groups in total. The van der Waals surface area contributed by atoms with Gasteiger partial charge in [0.15, 0.2) is 0 Å². The summed E-state index contributed by atoms with van der Waals surface area (Å²) >= 11 is 6.22. The molecular weight excluding hydrogens is 236 g/mol. The van der Waals surface area contributed by atoms with E-state index < -0.39 is 0 Å². The van der Waals surface area contributed by atoms with Crippen LogP contribution in [0.25, 0.3) is 0 Å². The number of hydrogen-bond acceptors (Lipinski definition) is 3. The minimum Gasteiger partial charge on any atom is -0.385 e. The average Bonchev–Trinajstić information content (AvgIpc) is 2.32. The molecule has 0 heterocycles. The molecule has 0 aliphatic rings. The van der Waals surface area contributed by atoms with E-state index in [0.717, 1.165) is 42.4 Å². The minimum atomic E-state index is 0.788. The van der Waals surface area contributed by atoms with Gasteiger partial charge in [-0.05, 0) is 31.2 Å². The van der Waals surface area contributed by atoms with Gasteiger partial charge < -0.3 is 15.0 Å². The van der Waals surface area contributed by atoms with Crippen LogP contribution >= 0.6 is 11.6 Å². The molecule has 0 spiro atoms. The number of nitrogens with one attached hydrogen (secondary N) is 1. The van der Waals surface area contributed by atoms with Gasteiger partial charge in [0.1, 0.15) is 0 Å². The van der Waals surface area contributed by atoms with Gasteiger partial charge in [-0.25, -0.2) is 0 Å². The second-order valence-electron chi connectivity index (χ2n) is 4.07. The lowest BCUT2D eigenvalue weighted by Crippen LogP contribution is -2.19. The predicted octanol–water partition coefficient (Wildman–Crippen LogP) is 2.53. The smallest absolute Gasteiger partial charge is 0.0479 e. The Hall–Kier alpha value is -0.770. The molecule has 0 aliphatic heterocycles. The summed E-state index contributed by atoms with van der Waals surface area (Å²) in [5.41, 5.74) is 2.27. The number of hydrogen-bond donors (Lipinski definition) is 1. The van der Waals surface area contributed by atoms with Crippen molar-refractivity contribution in [2.45, 2.75) is 13.0 Å². The van der Waals surface area contributed by atoms with E-state index in [1.165, 1.54) is 0 Å². The highest BCUT2D eigenvalue weighted by Crippen LogP contribution is 2.23. The standard InChI is InChI=1S/C13H21ClN2O/c1-15-10-11-5-6-12(9-13(11)14)16(2)7-4-8-17-3/h5-6,9,15H,4,7-8,10H2,1-3H3. The summed E-state index contributed by atoms with van der Waals surface area (Å²) in [5, 5.41) is 3.92. The predicted molar refractivity (Wildman–Crippen MR) is 74.0 cm³/mol. The molecule has 1 rings (SSSR count). The average molecular weight is 257 g/mol. The van der Waals surface area contributed by atoms with Crippen LogP contribution in [-0.2, 0) is 11.3 Å². The zero-order valence-corrected chi connectivity index (χ0v) is 11.5. The first-order chi connectivity index (χ1) is 8.19. The van der Waals surface area contributed by atoms with Crippen molar-refractivity contribution in [3.63, 3.8) is 0 Å². The lowest BCUT2D eigenvalue weighted by atomic mass is 10.2. The normalized spacial score (nSPS) is 10.6. The Labute approximate surface area is 109 Å². The van der Waals surface area contributed by atoms with Gasteiger partial charge in [0.05, 0.1) is 0 Å². The quantitative estimate of drug-likeness (QED) is 0.759. The van der Waals surface area contributed by atoms with Crippen LogP contribution in [0.3, 0.4) is 0 Å². The molecule has 4 heteroatoms. The molecule has 0 unspecified atom stereocenters. The van der Waals surface area contributed by atoms with E-state index in [1.807, 2.05) is 13.1 Å². The summed E-state index contributed by atoms with van der Waals surface area (Å²) in [5.74, 6) is 0. The van der Waals surface area contributed by atoms with Crippen LogP contribution in [0.2, 0.25) is 5.02 Å². The summed E-state index contributed by atoms with van der Waals surface area (Å²) in [6.45, 7) is 2.55. The number of rotatable bonds is 7. The van der Waals surface area contributed by atoms with Gasteiger partial charge in [0.2, 0.25) is 0 Å². The molecule has 0 saturated carbocycles. The number of anilines is 1. The summed E-state index contributed by atoms with van der Waals surface area (Å²) < 4.78 is 5.04. The van der Waals surface area contributed by atoms with E-state index in [9.17, 15) is 0 Å². The third kappa shape index (κ3) is 4.54. The second-order valence-corrected chi connectivity index (χ2v) is 4.48. The zero-order valence-electron chi connectivity index (χ0n) is 10.8. The first-order valence-electron chi connectivity index (χ1n) is 5.82. The lowest BCUT2D eigenvalue weighted by Gasteiger charge is -2.20. The van der Waals surface area contributed by atoms with Gasteiger partial charge in [-0.15, -0.1) is 0 Å². The third-order valence-electron chi connectivity index (χ3n) is 2.69. The number of methoxy groups -OCH3 is 1. The van der Waals surface area contributed by atoms with E-state index in [4.69, 9.17) is 16.3 Å². The molecule has 0 aliphatic carbocycles. The number of benzene rings is 1. The zero-order chi connectivity index (χ0) is 12.7. The fourth-order valence-corrected chi connectivity index (χ4v) is 1.92. The monoisotopic (exact) mass is 256 g/mol. The van der Waals surface area contributed by atoms with Gasteiger partial charge >= 0.3 is 0 Å². The molecular formula is C13H21ClN2O. The molecule has 3 nitrogen and oxygen atoms in total. The maximum absolute atomic E-state index is 6.22. The first kappa shape index (κ1) is 14.3. The molecule has 0 atom stereocenters. The molecule has 1 aromatic carbocycles. The van der Waals surface area contributed by atoms with Crippen LogP contribution in [0, 0.1) is 0 Å². The Morgan fingerprint density at radius 1 is 1.41 bits per heavy atom. The van der Waals surface area contributed by atoms with Crippen molar-refractivity contribution in [1.29, 1.82) is 0 Å². The van der Waals surface area contributed by atoms with E-state index in [-0.39, 0.29) is 0 Å². The van der Waals surface area contributed by atoms with Gasteiger partial charge in [0.25, 0.3) is 0 Å². The summed E-state index contributed by atoms with van der Waals surface area (Å²) in [7, 11) is 5.71. The van der Waals surface area contributed by atoms with E-state index in [1.54, 1.807) is 7.11 Å². The van der Waals surface area contributed by atoms with Crippen LogP contribution in [-0.4, -0.2) is 34.4 Å². The maximum atomic E-state index is 6.22. The molecule has 0 radical (unpaired) electrons. The number of nitrogens with zero attached hydrogens (tertiary/aromatic N) is 1. The summed E-state index contributed by atoms with van der Waals surface area (Å²) in [4.78, 5) is 2.19. The van der Waals surface area contributed by atoms with E-state index in [2.05, 4.69) is 29.4 Å². The first-order valence-corrected chi connectivity index (χ1v) is 6.20. The van der Waals surface area contributed by atoms with E-state index in [0.29, 0.717) is 0 Å². The van der Waals surface area contributed by atoms with Crippen molar-refractivity contribution in [3.05, 3.63) is 28.8 Å². The third-order valence-corrected chi connectivity index (χ3v) is 3.04. The largest absolute Gasteiger partial charge is 0.385 e. The van der Waals surface area contributed by atoms with Gasteiger partial charge in [-0.3, -0.25) is 0 Å². The Morgan fingerprint density at radius 2 is 2.18 bits per heavy atom. The fourth-order valence-electron chi connectivity index (χ4n) is 1.68.